The number of benzene rings is 2. The van der Waals surface area contributed by atoms with Crippen LogP contribution in [0.1, 0.15) is 24.2 Å². The van der Waals surface area contributed by atoms with Gasteiger partial charge in [0.1, 0.15) is 5.75 Å². The zero-order valence-electron chi connectivity index (χ0n) is 18.4. The second-order valence-corrected chi connectivity index (χ2v) is 8.42. The Labute approximate surface area is 182 Å². The van der Waals surface area contributed by atoms with Gasteiger partial charge in [-0.15, -0.1) is 0 Å². The lowest BCUT2D eigenvalue weighted by atomic mass is 10.1. The van der Waals surface area contributed by atoms with Gasteiger partial charge in [0.25, 0.3) is 11.5 Å². The van der Waals surface area contributed by atoms with E-state index in [4.69, 9.17) is 4.74 Å². The number of piperazine rings is 1. The van der Waals surface area contributed by atoms with Crippen molar-refractivity contribution in [2.75, 3.05) is 38.2 Å². The first-order valence-electron chi connectivity index (χ1n) is 10.8. The quantitative estimate of drug-likeness (QED) is 0.634. The first-order valence-corrected chi connectivity index (χ1v) is 10.8. The number of carbonyl (C=O) groups excluding carboxylic acids is 1. The zero-order chi connectivity index (χ0) is 22.0. The van der Waals surface area contributed by atoms with Crippen molar-refractivity contribution in [3.8, 4) is 5.75 Å². The predicted octanol–water partition coefficient (Wildman–Crippen LogP) is 3.63. The normalized spacial score (nSPS) is 14.3. The number of anilines is 1. The van der Waals surface area contributed by atoms with E-state index in [9.17, 15) is 9.59 Å². The molecule has 0 bridgehead atoms. The summed E-state index contributed by atoms with van der Waals surface area (Å²) in [5.41, 5.74) is 1.70. The monoisotopic (exact) mass is 419 g/mol. The van der Waals surface area contributed by atoms with Crippen LogP contribution in [0.15, 0.2) is 59.5 Å². The van der Waals surface area contributed by atoms with Crippen LogP contribution in [-0.4, -0.2) is 48.7 Å². The molecule has 1 fully saturated rings. The van der Waals surface area contributed by atoms with Crippen LogP contribution in [0.25, 0.3) is 10.8 Å². The van der Waals surface area contributed by atoms with Crippen molar-refractivity contribution in [2.45, 2.75) is 20.4 Å². The fourth-order valence-electron chi connectivity index (χ4n) is 4.17. The summed E-state index contributed by atoms with van der Waals surface area (Å²) >= 11 is 0. The Morgan fingerprint density at radius 1 is 0.968 bits per heavy atom. The summed E-state index contributed by atoms with van der Waals surface area (Å²) < 4.78 is 6.92. The minimum Gasteiger partial charge on any atom is -0.497 e. The smallest absolute Gasteiger partial charge is 0.258 e. The summed E-state index contributed by atoms with van der Waals surface area (Å²) in [5.74, 6) is 1.14. The summed E-state index contributed by atoms with van der Waals surface area (Å²) in [6.45, 7) is 7.55. The molecule has 1 amide bonds. The molecule has 0 aliphatic carbocycles. The molecule has 0 radical (unpaired) electrons. The summed E-state index contributed by atoms with van der Waals surface area (Å²) in [5, 5.41) is 1.33. The number of hydrogen-bond donors (Lipinski definition) is 0. The largest absolute Gasteiger partial charge is 0.497 e. The van der Waals surface area contributed by atoms with E-state index in [1.807, 2.05) is 53.4 Å². The molecule has 2 aromatic carbocycles. The Bertz CT molecular complexity index is 1130. The minimum atomic E-state index is -0.0369. The predicted molar refractivity (Wildman–Crippen MR) is 124 cm³/mol. The number of ether oxygens (including phenoxy) is 1. The Morgan fingerprint density at radius 3 is 2.23 bits per heavy atom. The fraction of sp³-hybridized carbons (Fsp3) is 0.360. The summed E-state index contributed by atoms with van der Waals surface area (Å²) in [4.78, 5) is 30.5. The number of amides is 1. The highest BCUT2D eigenvalue weighted by molar-refractivity contribution is 6.06. The number of pyridine rings is 1. The number of methoxy groups -OCH3 is 1. The molecule has 3 aromatic rings. The highest BCUT2D eigenvalue weighted by Gasteiger charge is 2.25. The third-order valence-corrected chi connectivity index (χ3v) is 5.79. The van der Waals surface area contributed by atoms with Crippen LogP contribution in [0.2, 0.25) is 0 Å². The summed E-state index contributed by atoms with van der Waals surface area (Å²) in [6.07, 6.45) is 1.75. The second-order valence-electron chi connectivity index (χ2n) is 8.42. The van der Waals surface area contributed by atoms with Gasteiger partial charge in [-0.2, -0.15) is 0 Å². The Hall–Kier alpha value is -3.28. The summed E-state index contributed by atoms with van der Waals surface area (Å²) in [6, 6.07) is 15.4. The number of fused-ring (bicyclic) bond motifs is 1. The van der Waals surface area contributed by atoms with Gasteiger partial charge in [0.05, 0.1) is 12.7 Å². The molecule has 0 atom stereocenters. The van der Waals surface area contributed by atoms with Gasteiger partial charge in [-0.05, 0) is 36.2 Å². The van der Waals surface area contributed by atoms with Gasteiger partial charge in [0, 0.05) is 55.4 Å². The van der Waals surface area contributed by atoms with E-state index < -0.39 is 0 Å². The molecule has 6 heteroatoms. The molecule has 1 aliphatic rings. The lowest BCUT2D eigenvalue weighted by Gasteiger charge is -2.36. The maximum atomic E-state index is 13.5. The van der Waals surface area contributed by atoms with E-state index >= 15 is 0 Å². The van der Waals surface area contributed by atoms with Gasteiger partial charge < -0.3 is 19.1 Å². The van der Waals surface area contributed by atoms with E-state index in [1.54, 1.807) is 17.9 Å². The molecule has 162 valence electrons. The molecule has 2 heterocycles. The molecule has 1 saturated heterocycles. The Balaban J connectivity index is 1.57. The lowest BCUT2D eigenvalue weighted by molar-refractivity contribution is 0.0747. The maximum Gasteiger partial charge on any atom is 0.258 e. The van der Waals surface area contributed by atoms with Gasteiger partial charge in [0.15, 0.2) is 0 Å². The van der Waals surface area contributed by atoms with Crippen molar-refractivity contribution < 1.29 is 9.53 Å². The van der Waals surface area contributed by atoms with Gasteiger partial charge in [-0.3, -0.25) is 9.59 Å². The number of nitrogens with zero attached hydrogens (tertiary/aromatic N) is 3. The molecular weight excluding hydrogens is 390 g/mol. The highest BCUT2D eigenvalue weighted by atomic mass is 16.5. The fourth-order valence-corrected chi connectivity index (χ4v) is 4.17. The van der Waals surface area contributed by atoms with E-state index in [-0.39, 0.29) is 11.5 Å². The van der Waals surface area contributed by atoms with E-state index in [1.165, 1.54) is 0 Å². The number of hydrogen-bond acceptors (Lipinski definition) is 4. The third kappa shape index (κ3) is 4.29. The van der Waals surface area contributed by atoms with Crippen LogP contribution in [0.3, 0.4) is 0 Å². The third-order valence-electron chi connectivity index (χ3n) is 5.79. The zero-order valence-corrected chi connectivity index (χ0v) is 18.4. The van der Waals surface area contributed by atoms with E-state index in [2.05, 4.69) is 18.7 Å². The van der Waals surface area contributed by atoms with Crippen LogP contribution in [0.5, 0.6) is 5.75 Å². The number of rotatable bonds is 5. The molecular formula is C25H29N3O3. The molecule has 31 heavy (non-hydrogen) atoms. The second kappa shape index (κ2) is 8.84. The molecule has 1 aromatic heterocycles. The van der Waals surface area contributed by atoms with Crippen LogP contribution in [-0.2, 0) is 6.54 Å². The van der Waals surface area contributed by atoms with E-state index in [0.29, 0.717) is 36.5 Å². The topological polar surface area (TPSA) is 54.8 Å². The van der Waals surface area contributed by atoms with Gasteiger partial charge >= 0.3 is 0 Å². The van der Waals surface area contributed by atoms with E-state index in [0.717, 1.165) is 29.9 Å². The number of aromatic nitrogens is 1. The molecule has 6 nitrogen and oxygen atoms in total. The van der Waals surface area contributed by atoms with Crippen LogP contribution < -0.4 is 15.2 Å². The van der Waals surface area contributed by atoms with Crippen molar-refractivity contribution in [2.24, 2.45) is 5.92 Å². The maximum absolute atomic E-state index is 13.5. The Kier molecular flexibility index (Phi) is 5.98. The lowest BCUT2D eigenvalue weighted by Crippen LogP contribution is -2.49. The number of carbonyl (C=O) groups is 1. The van der Waals surface area contributed by atoms with Crippen molar-refractivity contribution in [1.29, 1.82) is 0 Å². The average Bonchev–Trinajstić information content (AvgIpc) is 2.80. The SMILES string of the molecule is COc1ccc(N2CCN(C(=O)c3cn(CC(C)C)c(=O)c4ccccc34)CC2)cc1. The standard InChI is InChI=1S/C25H29N3O3/c1-18(2)16-28-17-23(21-6-4-5-7-22(21)24(28)29)25(30)27-14-12-26(13-15-27)19-8-10-20(31-3)11-9-19/h4-11,17-18H,12-16H2,1-3H3. The van der Waals surface area contributed by atoms with Gasteiger partial charge in [-0.1, -0.05) is 32.0 Å². The van der Waals surface area contributed by atoms with Crippen molar-refractivity contribution in [3.05, 3.63) is 70.6 Å². The first kappa shape index (κ1) is 21.0. The Morgan fingerprint density at radius 2 is 1.61 bits per heavy atom. The van der Waals surface area contributed by atoms with Crippen molar-refractivity contribution >= 4 is 22.4 Å². The first-order chi connectivity index (χ1) is 15.0. The van der Waals surface area contributed by atoms with Gasteiger partial charge in [-0.25, -0.2) is 0 Å². The minimum absolute atomic E-state index is 0.0110. The average molecular weight is 420 g/mol. The highest BCUT2D eigenvalue weighted by Crippen LogP contribution is 2.22. The summed E-state index contributed by atoms with van der Waals surface area (Å²) in [7, 11) is 1.66. The molecule has 0 spiro atoms. The molecule has 0 N–H and O–H groups in total. The van der Waals surface area contributed by atoms with Gasteiger partial charge in [0.2, 0.25) is 0 Å². The molecule has 0 unspecified atom stereocenters. The van der Waals surface area contributed by atoms with Crippen LogP contribution in [0, 0.1) is 5.92 Å². The molecule has 0 saturated carbocycles. The molecule has 4 rings (SSSR count). The van der Waals surface area contributed by atoms with Crippen LogP contribution in [0.4, 0.5) is 5.69 Å². The van der Waals surface area contributed by atoms with Crippen LogP contribution >= 0.6 is 0 Å². The van der Waals surface area contributed by atoms with Crippen molar-refractivity contribution in [3.63, 3.8) is 0 Å². The van der Waals surface area contributed by atoms with Crippen molar-refractivity contribution in [1.82, 2.24) is 9.47 Å². The molecule has 1 aliphatic heterocycles.